The van der Waals surface area contributed by atoms with Crippen molar-refractivity contribution in [3.05, 3.63) is 54.9 Å². The summed E-state index contributed by atoms with van der Waals surface area (Å²) in [5.41, 5.74) is 2.38. The van der Waals surface area contributed by atoms with Gasteiger partial charge in [-0.25, -0.2) is 0 Å². The van der Waals surface area contributed by atoms with Crippen molar-refractivity contribution in [1.29, 1.82) is 0 Å². The fourth-order valence-electron chi connectivity index (χ4n) is 2.38. The number of benzene rings is 1. The van der Waals surface area contributed by atoms with Gasteiger partial charge in [-0.2, -0.15) is 0 Å². The average Bonchev–Trinajstić information content (AvgIpc) is 3.15. The zero-order valence-electron chi connectivity index (χ0n) is 13.6. The minimum Gasteiger partial charge on any atom is -0.454 e. The van der Waals surface area contributed by atoms with Crippen molar-refractivity contribution in [1.82, 2.24) is 15.2 Å². The van der Waals surface area contributed by atoms with E-state index in [1.807, 2.05) is 24.3 Å². The Morgan fingerprint density at radius 1 is 1.04 bits per heavy atom. The number of hydrogen-bond acceptors (Lipinski definition) is 7. The van der Waals surface area contributed by atoms with Gasteiger partial charge in [-0.1, -0.05) is 11.8 Å². The Kier molecular flexibility index (Phi) is 4.65. The summed E-state index contributed by atoms with van der Waals surface area (Å²) in [5.74, 6) is 1.42. The van der Waals surface area contributed by atoms with Crippen LogP contribution in [0.3, 0.4) is 0 Å². The average molecular weight is 366 g/mol. The Balaban J connectivity index is 1.33. The van der Waals surface area contributed by atoms with E-state index < -0.39 is 0 Å². The molecule has 3 aromatic rings. The van der Waals surface area contributed by atoms with Crippen LogP contribution in [0.15, 0.2) is 59.9 Å². The number of carbonyl (C=O) groups is 1. The molecule has 0 bridgehead atoms. The number of pyridine rings is 1. The zero-order valence-corrected chi connectivity index (χ0v) is 14.4. The maximum absolute atomic E-state index is 12.1. The SMILES string of the molecule is O=C(CSc1ccc(-c2ccncc2)nn1)Nc1ccc2c(c1)OCO2. The molecule has 130 valence electrons. The van der Waals surface area contributed by atoms with Gasteiger partial charge in [-0.3, -0.25) is 9.78 Å². The molecule has 0 spiro atoms. The third-order valence-corrected chi connectivity index (χ3v) is 4.54. The summed E-state index contributed by atoms with van der Waals surface area (Å²) in [6.07, 6.45) is 3.42. The van der Waals surface area contributed by atoms with Crippen molar-refractivity contribution in [3.63, 3.8) is 0 Å². The molecule has 0 saturated carbocycles. The molecule has 1 amide bonds. The number of rotatable bonds is 5. The van der Waals surface area contributed by atoms with Crippen molar-refractivity contribution in [2.24, 2.45) is 0 Å². The summed E-state index contributed by atoms with van der Waals surface area (Å²) >= 11 is 1.32. The first-order valence-electron chi connectivity index (χ1n) is 7.84. The molecule has 0 radical (unpaired) electrons. The number of fused-ring (bicyclic) bond motifs is 1. The van der Waals surface area contributed by atoms with E-state index in [9.17, 15) is 4.79 Å². The fraction of sp³-hybridized carbons (Fsp3) is 0.111. The van der Waals surface area contributed by atoms with E-state index in [1.54, 1.807) is 30.6 Å². The van der Waals surface area contributed by atoms with Crippen LogP contribution in [-0.4, -0.2) is 33.6 Å². The van der Waals surface area contributed by atoms with Gasteiger partial charge in [0.2, 0.25) is 12.7 Å². The van der Waals surface area contributed by atoms with Crippen molar-refractivity contribution in [2.45, 2.75) is 5.03 Å². The van der Waals surface area contributed by atoms with Gasteiger partial charge in [0.25, 0.3) is 0 Å². The summed E-state index contributed by atoms with van der Waals surface area (Å²) in [6.45, 7) is 0.205. The predicted molar refractivity (Wildman–Crippen MR) is 97.2 cm³/mol. The second-order valence-electron chi connectivity index (χ2n) is 5.40. The van der Waals surface area contributed by atoms with Gasteiger partial charge >= 0.3 is 0 Å². The number of amides is 1. The Morgan fingerprint density at radius 3 is 2.69 bits per heavy atom. The van der Waals surface area contributed by atoms with Gasteiger partial charge in [0, 0.05) is 29.7 Å². The molecule has 8 heteroatoms. The van der Waals surface area contributed by atoms with Crippen LogP contribution in [-0.2, 0) is 4.79 Å². The third-order valence-electron chi connectivity index (χ3n) is 3.62. The standard InChI is InChI=1S/C18H14N4O3S/c23-17(20-13-1-3-15-16(9-13)25-11-24-15)10-26-18-4-2-14(21-22-18)12-5-7-19-8-6-12/h1-9H,10-11H2,(H,20,23). The van der Waals surface area contributed by atoms with Crippen molar-refractivity contribution >= 4 is 23.4 Å². The fourth-order valence-corrected chi connectivity index (χ4v) is 3.00. The molecular formula is C18H14N4O3S. The number of nitrogens with one attached hydrogen (secondary N) is 1. The summed E-state index contributed by atoms with van der Waals surface area (Å²) in [5, 5.41) is 11.9. The summed E-state index contributed by atoms with van der Waals surface area (Å²) in [4.78, 5) is 16.1. The van der Waals surface area contributed by atoms with E-state index >= 15 is 0 Å². The molecule has 1 N–H and O–H groups in total. The largest absolute Gasteiger partial charge is 0.454 e. The molecule has 0 saturated heterocycles. The van der Waals surface area contributed by atoms with E-state index in [4.69, 9.17) is 9.47 Å². The zero-order chi connectivity index (χ0) is 17.8. The van der Waals surface area contributed by atoms with Crippen LogP contribution >= 0.6 is 11.8 Å². The third kappa shape index (κ3) is 3.75. The molecule has 1 aliphatic rings. The maximum atomic E-state index is 12.1. The molecule has 1 aromatic carbocycles. The van der Waals surface area contributed by atoms with Gasteiger partial charge in [0.05, 0.1) is 11.4 Å². The Labute approximate surface area is 153 Å². The van der Waals surface area contributed by atoms with Crippen LogP contribution < -0.4 is 14.8 Å². The van der Waals surface area contributed by atoms with Gasteiger partial charge in [0.15, 0.2) is 11.5 Å². The van der Waals surface area contributed by atoms with Crippen LogP contribution in [0.1, 0.15) is 0 Å². The maximum Gasteiger partial charge on any atom is 0.234 e. The van der Waals surface area contributed by atoms with Crippen LogP contribution in [0.5, 0.6) is 11.5 Å². The molecule has 26 heavy (non-hydrogen) atoms. The number of aromatic nitrogens is 3. The number of thioether (sulfide) groups is 1. The van der Waals surface area contributed by atoms with Gasteiger partial charge in [0.1, 0.15) is 5.03 Å². The molecule has 3 heterocycles. The number of ether oxygens (including phenoxy) is 2. The summed E-state index contributed by atoms with van der Waals surface area (Å²) in [6, 6.07) is 12.8. The molecule has 0 fully saturated rings. The highest BCUT2D eigenvalue weighted by atomic mass is 32.2. The first kappa shape index (κ1) is 16.3. The molecular weight excluding hydrogens is 352 g/mol. The minimum atomic E-state index is -0.131. The molecule has 0 atom stereocenters. The van der Waals surface area contributed by atoms with Gasteiger partial charge in [-0.05, 0) is 36.4 Å². The summed E-state index contributed by atoms with van der Waals surface area (Å²) in [7, 11) is 0. The first-order chi connectivity index (χ1) is 12.8. The van der Waals surface area contributed by atoms with E-state index in [1.165, 1.54) is 11.8 Å². The lowest BCUT2D eigenvalue weighted by Crippen LogP contribution is -2.14. The second kappa shape index (κ2) is 7.40. The predicted octanol–water partition coefficient (Wildman–Crippen LogP) is 3.00. The molecule has 0 aliphatic carbocycles. The molecule has 0 unspecified atom stereocenters. The molecule has 2 aromatic heterocycles. The number of anilines is 1. The molecule has 1 aliphatic heterocycles. The smallest absolute Gasteiger partial charge is 0.234 e. The quantitative estimate of drug-likeness (QED) is 0.695. The normalized spacial score (nSPS) is 12.0. The highest BCUT2D eigenvalue weighted by Crippen LogP contribution is 2.34. The highest BCUT2D eigenvalue weighted by molar-refractivity contribution is 7.99. The van der Waals surface area contributed by atoms with E-state index in [2.05, 4.69) is 20.5 Å². The lowest BCUT2D eigenvalue weighted by Gasteiger charge is -2.06. The van der Waals surface area contributed by atoms with Gasteiger partial charge < -0.3 is 14.8 Å². The van der Waals surface area contributed by atoms with Crippen molar-refractivity contribution in [3.8, 4) is 22.8 Å². The Hall–Kier alpha value is -3.13. The molecule has 7 nitrogen and oxygen atoms in total. The topological polar surface area (TPSA) is 86.2 Å². The lowest BCUT2D eigenvalue weighted by atomic mass is 10.2. The number of hydrogen-bond donors (Lipinski definition) is 1. The van der Waals surface area contributed by atoms with E-state index in [0.29, 0.717) is 22.2 Å². The van der Waals surface area contributed by atoms with Crippen LogP contribution in [0.25, 0.3) is 11.3 Å². The van der Waals surface area contributed by atoms with E-state index in [-0.39, 0.29) is 18.5 Å². The lowest BCUT2D eigenvalue weighted by molar-refractivity contribution is -0.113. The minimum absolute atomic E-state index is 0.131. The Morgan fingerprint density at radius 2 is 1.88 bits per heavy atom. The first-order valence-corrected chi connectivity index (χ1v) is 8.83. The van der Waals surface area contributed by atoms with Crippen LogP contribution in [0.2, 0.25) is 0 Å². The Bertz CT molecular complexity index is 919. The van der Waals surface area contributed by atoms with Crippen LogP contribution in [0.4, 0.5) is 5.69 Å². The highest BCUT2D eigenvalue weighted by Gasteiger charge is 2.14. The van der Waals surface area contributed by atoms with Crippen molar-refractivity contribution in [2.75, 3.05) is 17.9 Å². The van der Waals surface area contributed by atoms with Crippen molar-refractivity contribution < 1.29 is 14.3 Å². The summed E-state index contributed by atoms with van der Waals surface area (Å²) < 4.78 is 10.5. The second-order valence-corrected chi connectivity index (χ2v) is 6.39. The number of nitrogens with zero attached hydrogens (tertiary/aromatic N) is 3. The van der Waals surface area contributed by atoms with Gasteiger partial charge in [-0.15, -0.1) is 10.2 Å². The van der Waals surface area contributed by atoms with Crippen LogP contribution in [0, 0.1) is 0 Å². The number of carbonyl (C=O) groups excluding carboxylic acids is 1. The monoisotopic (exact) mass is 366 g/mol. The van der Waals surface area contributed by atoms with E-state index in [0.717, 1.165) is 11.3 Å². The molecule has 4 rings (SSSR count).